The number of rotatable bonds is 2. The minimum Gasteiger partial charge on any atom is -0.337 e. The average molecular weight is 350 g/mol. The monoisotopic (exact) mass is 349 g/mol. The fraction of sp³-hybridized carbons (Fsp3) is 0.458. The highest BCUT2D eigenvalue weighted by atomic mass is 16.2. The molecule has 0 aliphatic carbocycles. The first-order valence-electron chi connectivity index (χ1n) is 9.56. The summed E-state index contributed by atoms with van der Waals surface area (Å²) in [5, 5.41) is 0. The van der Waals surface area contributed by atoms with Crippen LogP contribution in [-0.4, -0.2) is 23.9 Å². The average Bonchev–Trinajstić information content (AvgIpc) is 2.52. The summed E-state index contributed by atoms with van der Waals surface area (Å²) in [5.41, 5.74) is 4.67. The van der Waals surface area contributed by atoms with Crippen LogP contribution < -0.4 is 0 Å². The van der Waals surface area contributed by atoms with E-state index < -0.39 is 0 Å². The van der Waals surface area contributed by atoms with Crippen LogP contribution >= 0.6 is 0 Å². The number of nitrogens with zero attached hydrogens (tertiary/aromatic N) is 1. The topological polar surface area (TPSA) is 20.3 Å². The zero-order valence-electron chi connectivity index (χ0n) is 17.0. The van der Waals surface area contributed by atoms with Gasteiger partial charge in [0.1, 0.15) is 0 Å². The number of amides is 1. The van der Waals surface area contributed by atoms with Gasteiger partial charge in [0.25, 0.3) is 5.91 Å². The van der Waals surface area contributed by atoms with E-state index in [4.69, 9.17) is 0 Å². The van der Waals surface area contributed by atoms with Gasteiger partial charge < -0.3 is 4.90 Å². The molecule has 2 aromatic carbocycles. The molecule has 1 aliphatic rings. The maximum atomic E-state index is 13.1. The Hall–Kier alpha value is -2.09. The molecule has 0 saturated carbocycles. The molecule has 0 atom stereocenters. The third-order valence-electron chi connectivity index (χ3n) is 5.35. The SMILES string of the molecule is CC(C)(C)c1cc(C(=O)N2CC(c3ccccc3)C2)cc(C(C)(C)C)c1. The van der Waals surface area contributed by atoms with Crippen molar-refractivity contribution in [2.24, 2.45) is 0 Å². The van der Waals surface area contributed by atoms with E-state index >= 15 is 0 Å². The highest BCUT2D eigenvalue weighted by Crippen LogP contribution is 2.33. The summed E-state index contributed by atoms with van der Waals surface area (Å²) in [6.45, 7) is 14.9. The Morgan fingerprint density at radius 2 is 1.35 bits per heavy atom. The molecule has 26 heavy (non-hydrogen) atoms. The van der Waals surface area contributed by atoms with Gasteiger partial charge in [-0.25, -0.2) is 0 Å². The Balaban J connectivity index is 1.84. The van der Waals surface area contributed by atoms with Crippen LogP contribution in [0.25, 0.3) is 0 Å². The van der Waals surface area contributed by atoms with Gasteiger partial charge >= 0.3 is 0 Å². The molecule has 1 amide bonds. The van der Waals surface area contributed by atoms with E-state index in [0.29, 0.717) is 5.92 Å². The van der Waals surface area contributed by atoms with E-state index in [1.165, 1.54) is 16.7 Å². The quantitative estimate of drug-likeness (QED) is 0.699. The standard InChI is InChI=1S/C24H31NO/c1-23(2,3)20-12-18(13-21(14-20)24(4,5)6)22(26)25-15-19(16-25)17-10-8-7-9-11-17/h7-14,19H,15-16H2,1-6H3. The van der Waals surface area contributed by atoms with Gasteiger partial charge in [-0.3, -0.25) is 4.79 Å². The first-order valence-corrected chi connectivity index (χ1v) is 9.56. The Morgan fingerprint density at radius 3 is 1.81 bits per heavy atom. The lowest BCUT2D eigenvalue weighted by Crippen LogP contribution is -2.48. The van der Waals surface area contributed by atoms with Gasteiger partial charge in [-0.2, -0.15) is 0 Å². The molecule has 1 aliphatic heterocycles. The molecule has 1 heterocycles. The summed E-state index contributed by atoms with van der Waals surface area (Å²) in [6.07, 6.45) is 0. The number of hydrogen-bond acceptors (Lipinski definition) is 1. The minimum atomic E-state index is 0.0256. The van der Waals surface area contributed by atoms with Crippen molar-refractivity contribution in [3.63, 3.8) is 0 Å². The molecule has 2 nitrogen and oxygen atoms in total. The molecule has 3 rings (SSSR count). The van der Waals surface area contributed by atoms with Gasteiger partial charge in [-0.05, 0) is 39.7 Å². The van der Waals surface area contributed by atoms with Gasteiger partial charge in [0, 0.05) is 24.6 Å². The Morgan fingerprint density at radius 1 is 0.846 bits per heavy atom. The second-order valence-electron chi connectivity index (χ2n) is 9.62. The maximum Gasteiger partial charge on any atom is 0.253 e. The normalized spacial score (nSPS) is 15.7. The van der Waals surface area contributed by atoms with Crippen LogP contribution in [-0.2, 0) is 10.8 Å². The Labute approximate surface area is 158 Å². The molecule has 1 saturated heterocycles. The first kappa shape index (κ1) is 18.7. The highest BCUT2D eigenvalue weighted by molar-refractivity contribution is 5.95. The van der Waals surface area contributed by atoms with Crippen LogP contribution in [0.2, 0.25) is 0 Å². The van der Waals surface area contributed by atoms with Crippen molar-refractivity contribution in [3.8, 4) is 0 Å². The third kappa shape index (κ3) is 3.85. The lowest BCUT2D eigenvalue weighted by molar-refractivity contribution is 0.0602. The first-order chi connectivity index (χ1) is 12.1. The highest BCUT2D eigenvalue weighted by Gasteiger charge is 2.33. The van der Waals surface area contributed by atoms with Crippen molar-refractivity contribution in [2.45, 2.75) is 58.3 Å². The van der Waals surface area contributed by atoms with Crippen LogP contribution in [0.15, 0.2) is 48.5 Å². The van der Waals surface area contributed by atoms with Crippen molar-refractivity contribution in [2.75, 3.05) is 13.1 Å². The lowest BCUT2D eigenvalue weighted by atomic mass is 9.79. The van der Waals surface area contributed by atoms with Gasteiger partial charge in [0.2, 0.25) is 0 Å². The number of likely N-dealkylation sites (tertiary alicyclic amines) is 1. The zero-order chi connectivity index (χ0) is 19.1. The molecule has 0 radical (unpaired) electrons. The lowest BCUT2D eigenvalue weighted by Gasteiger charge is -2.40. The second-order valence-corrected chi connectivity index (χ2v) is 9.62. The molecule has 0 N–H and O–H groups in total. The predicted molar refractivity (Wildman–Crippen MR) is 109 cm³/mol. The van der Waals surface area contributed by atoms with E-state index in [0.717, 1.165) is 18.7 Å². The van der Waals surface area contributed by atoms with Crippen LogP contribution in [0.1, 0.15) is 74.5 Å². The van der Waals surface area contributed by atoms with Crippen LogP contribution in [0, 0.1) is 0 Å². The van der Waals surface area contributed by atoms with Crippen molar-refractivity contribution in [1.82, 2.24) is 4.90 Å². The fourth-order valence-corrected chi connectivity index (χ4v) is 3.38. The summed E-state index contributed by atoms with van der Waals surface area (Å²) in [4.78, 5) is 15.1. The minimum absolute atomic E-state index is 0.0256. The number of hydrogen-bond donors (Lipinski definition) is 0. The van der Waals surface area contributed by atoms with Crippen molar-refractivity contribution >= 4 is 5.91 Å². The molecule has 2 heteroatoms. The third-order valence-corrected chi connectivity index (χ3v) is 5.35. The molecular weight excluding hydrogens is 318 g/mol. The van der Waals surface area contributed by atoms with Crippen molar-refractivity contribution in [1.29, 1.82) is 0 Å². The van der Waals surface area contributed by atoms with E-state index in [1.54, 1.807) is 0 Å². The van der Waals surface area contributed by atoms with Crippen molar-refractivity contribution < 1.29 is 4.79 Å². The van der Waals surface area contributed by atoms with E-state index in [9.17, 15) is 4.79 Å². The zero-order valence-corrected chi connectivity index (χ0v) is 17.0. The Kier molecular flexibility index (Phi) is 4.72. The predicted octanol–water partition coefficient (Wildman–Crippen LogP) is 5.52. The molecule has 138 valence electrons. The number of benzene rings is 2. The van der Waals surface area contributed by atoms with Crippen LogP contribution in [0.5, 0.6) is 0 Å². The second kappa shape index (κ2) is 6.57. The molecule has 0 aromatic heterocycles. The fourth-order valence-electron chi connectivity index (χ4n) is 3.38. The molecule has 2 aromatic rings. The summed E-state index contributed by atoms with van der Waals surface area (Å²) in [6, 6.07) is 16.9. The number of carbonyl (C=O) groups is 1. The van der Waals surface area contributed by atoms with Gasteiger partial charge in [-0.15, -0.1) is 0 Å². The van der Waals surface area contributed by atoms with E-state index in [2.05, 4.69) is 84.0 Å². The smallest absolute Gasteiger partial charge is 0.253 e. The summed E-state index contributed by atoms with van der Waals surface area (Å²) >= 11 is 0. The van der Waals surface area contributed by atoms with Crippen LogP contribution in [0.4, 0.5) is 0 Å². The summed E-state index contributed by atoms with van der Waals surface area (Å²) in [5.74, 6) is 0.627. The molecular formula is C24H31NO. The van der Waals surface area contributed by atoms with E-state index in [1.807, 2.05) is 11.0 Å². The van der Waals surface area contributed by atoms with Crippen LogP contribution in [0.3, 0.4) is 0 Å². The number of carbonyl (C=O) groups excluding carboxylic acids is 1. The molecule has 0 bridgehead atoms. The molecule has 0 unspecified atom stereocenters. The summed E-state index contributed by atoms with van der Waals surface area (Å²) < 4.78 is 0. The summed E-state index contributed by atoms with van der Waals surface area (Å²) in [7, 11) is 0. The molecule has 0 spiro atoms. The Bertz CT molecular complexity index is 755. The van der Waals surface area contributed by atoms with Crippen molar-refractivity contribution in [3.05, 3.63) is 70.8 Å². The molecule has 1 fully saturated rings. The van der Waals surface area contributed by atoms with Gasteiger partial charge in [0.15, 0.2) is 0 Å². The largest absolute Gasteiger partial charge is 0.337 e. The van der Waals surface area contributed by atoms with Gasteiger partial charge in [0.05, 0.1) is 0 Å². The van der Waals surface area contributed by atoms with Gasteiger partial charge in [-0.1, -0.05) is 77.9 Å². The maximum absolute atomic E-state index is 13.1. The van der Waals surface area contributed by atoms with E-state index in [-0.39, 0.29) is 16.7 Å².